The van der Waals surface area contributed by atoms with E-state index in [0.29, 0.717) is 6.61 Å². The lowest BCUT2D eigenvalue weighted by molar-refractivity contribution is -0.155. The number of aliphatic hydroxyl groups is 1. The Kier molecular flexibility index (Phi) is 7.25. The highest BCUT2D eigenvalue weighted by Gasteiger charge is 2.37. The van der Waals surface area contributed by atoms with Gasteiger partial charge >= 0.3 is 5.97 Å². The second-order valence-corrected chi connectivity index (χ2v) is 6.89. The smallest absolute Gasteiger partial charge is 0.311 e. The summed E-state index contributed by atoms with van der Waals surface area (Å²) in [6.45, 7) is 6.27. The van der Waals surface area contributed by atoms with Crippen LogP contribution in [0.3, 0.4) is 0 Å². The second-order valence-electron chi connectivity index (χ2n) is 6.89. The van der Waals surface area contributed by atoms with Crippen LogP contribution in [0.1, 0.15) is 52.0 Å². The summed E-state index contributed by atoms with van der Waals surface area (Å²) in [6.07, 6.45) is 3.07. The van der Waals surface area contributed by atoms with Gasteiger partial charge in [0.1, 0.15) is 6.61 Å². The quantitative estimate of drug-likeness (QED) is 0.736. The normalized spacial score (nSPS) is 24.3. The highest BCUT2D eigenvalue weighted by Crippen LogP contribution is 2.32. The third-order valence-electron chi connectivity index (χ3n) is 5.02. The molecule has 1 aromatic rings. The van der Waals surface area contributed by atoms with Gasteiger partial charge < -0.3 is 14.6 Å². The lowest BCUT2D eigenvalue weighted by Crippen LogP contribution is -2.32. The largest absolute Gasteiger partial charge is 0.461 e. The topological polar surface area (TPSA) is 55.8 Å². The molecule has 5 atom stereocenters. The zero-order valence-electron chi connectivity index (χ0n) is 15.0. The van der Waals surface area contributed by atoms with Gasteiger partial charge in [0.25, 0.3) is 0 Å². The number of ether oxygens (including phenoxy) is 2. The summed E-state index contributed by atoms with van der Waals surface area (Å²) >= 11 is 0. The lowest BCUT2D eigenvalue weighted by Gasteiger charge is -2.26. The lowest BCUT2D eigenvalue weighted by atomic mass is 9.93. The van der Waals surface area contributed by atoms with Gasteiger partial charge in [-0.2, -0.15) is 0 Å². The van der Waals surface area contributed by atoms with Crippen LogP contribution in [0.25, 0.3) is 0 Å². The van der Waals surface area contributed by atoms with Gasteiger partial charge in [-0.3, -0.25) is 4.79 Å². The fraction of sp³-hybridized carbons (Fsp3) is 0.650. The summed E-state index contributed by atoms with van der Waals surface area (Å²) in [7, 11) is 0. The zero-order valence-corrected chi connectivity index (χ0v) is 15.0. The zero-order chi connectivity index (χ0) is 17.5. The number of aliphatic hydroxyl groups excluding tert-OH is 1. The van der Waals surface area contributed by atoms with Crippen LogP contribution in [-0.2, 0) is 20.9 Å². The van der Waals surface area contributed by atoms with E-state index >= 15 is 0 Å². The predicted molar refractivity (Wildman–Crippen MR) is 93.4 cm³/mol. The number of esters is 1. The van der Waals surface area contributed by atoms with Crippen LogP contribution in [0.4, 0.5) is 0 Å². The van der Waals surface area contributed by atoms with Crippen molar-refractivity contribution in [2.75, 3.05) is 0 Å². The minimum Gasteiger partial charge on any atom is -0.461 e. The van der Waals surface area contributed by atoms with Gasteiger partial charge in [-0.25, -0.2) is 0 Å². The van der Waals surface area contributed by atoms with Gasteiger partial charge in [0, 0.05) is 5.92 Å². The molecule has 1 fully saturated rings. The number of rotatable bonds is 8. The minimum absolute atomic E-state index is 0.0286. The maximum Gasteiger partial charge on any atom is 0.311 e. The summed E-state index contributed by atoms with van der Waals surface area (Å²) in [5.41, 5.74) is 0.986. The molecule has 0 aliphatic carbocycles. The van der Waals surface area contributed by atoms with E-state index in [1.54, 1.807) is 0 Å². The number of benzene rings is 1. The SMILES string of the molecule is CCC[C@H](O)[C@H](C)[C@@H]1CC[C@H]([C@@H](C)C(=O)OCc2ccccc2)O1. The van der Waals surface area contributed by atoms with Crippen molar-refractivity contribution < 1.29 is 19.4 Å². The maximum absolute atomic E-state index is 12.3. The molecule has 0 saturated carbocycles. The van der Waals surface area contributed by atoms with E-state index in [9.17, 15) is 9.90 Å². The highest BCUT2D eigenvalue weighted by molar-refractivity contribution is 5.72. The average Bonchev–Trinajstić information content (AvgIpc) is 3.09. The van der Waals surface area contributed by atoms with Crippen LogP contribution in [-0.4, -0.2) is 29.4 Å². The summed E-state index contributed by atoms with van der Waals surface area (Å²) in [6, 6.07) is 9.68. The number of hydrogen-bond acceptors (Lipinski definition) is 4. The summed E-state index contributed by atoms with van der Waals surface area (Å²) in [5.74, 6) is -0.400. The molecule has 0 radical (unpaired) electrons. The minimum atomic E-state index is -0.334. The van der Waals surface area contributed by atoms with E-state index in [4.69, 9.17) is 9.47 Å². The Morgan fingerprint density at radius 3 is 2.58 bits per heavy atom. The number of hydrogen-bond donors (Lipinski definition) is 1. The van der Waals surface area contributed by atoms with Crippen molar-refractivity contribution in [2.45, 2.75) is 71.4 Å². The molecule has 134 valence electrons. The molecule has 4 nitrogen and oxygen atoms in total. The van der Waals surface area contributed by atoms with Gasteiger partial charge in [-0.15, -0.1) is 0 Å². The molecule has 1 aliphatic heterocycles. The van der Waals surface area contributed by atoms with Gasteiger partial charge in [0.2, 0.25) is 0 Å². The van der Waals surface area contributed by atoms with Gasteiger partial charge in [-0.05, 0) is 31.7 Å². The molecule has 0 spiro atoms. The van der Waals surface area contributed by atoms with Crippen molar-refractivity contribution in [1.82, 2.24) is 0 Å². The van der Waals surface area contributed by atoms with Gasteiger partial charge in [-0.1, -0.05) is 50.6 Å². The molecule has 1 aromatic carbocycles. The monoisotopic (exact) mass is 334 g/mol. The third kappa shape index (κ3) is 5.05. The number of carbonyl (C=O) groups excluding carboxylic acids is 1. The molecule has 0 bridgehead atoms. The summed E-state index contributed by atoms with van der Waals surface area (Å²) < 4.78 is 11.5. The molecule has 24 heavy (non-hydrogen) atoms. The van der Waals surface area contributed by atoms with E-state index in [-0.39, 0.29) is 36.1 Å². The Morgan fingerprint density at radius 2 is 1.92 bits per heavy atom. The Hall–Kier alpha value is -1.39. The average molecular weight is 334 g/mol. The third-order valence-corrected chi connectivity index (χ3v) is 5.02. The molecule has 0 amide bonds. The van der Waals surface area contributed by atoms with Crippen molar-refractivity contribution in [3.05, 3.63) is 35.9 Å². The van der Waals surface area contributed by atoms with Crippen LogP contribution in [0.5, 0.6) is 0 Å². The molecular formula is C20H30O4. The van der Waals surface area contributed by atoms with Crippen LogP contribution in [0, 0.1) is 11.8 Å². The molecule has 1 aliphatic rings. The molecule has 0 unspecified atom stereocenters. The molecule has 4 heteroatoms. The fourth-order valence-corrected chi connectivity index (χ4v) is 3.26. The first-order valence-corrected chi connectivity index (χ1v) is 9.07. The first-order valence-electron chi connectivity index (χ1n) is 9.07. The molecule has 1 saturated heterocycles. The van der Waals surface area contributed by atoms with E-state index in [0.717, 1.165) is 31.2 Å². The van der Waals surface area contributed by atoms with E-state index in [1.165, 1.54) is 0 Å². The van der Waals surface area contributed by atoms with Crippen LogP contribution < -0.4 is 0 Å². The van der Waals surface area contributed by atoms with Crippen LogP contribution in [0.15, 0.2) is 30.3 Å². The van der Waals surface area contributed by atoms with Crippen molar-refractivity contribution in [3.8, 4) is 0 Å². The van der Waals surface area contributed by atoms with Gasteiger partial charge in [0.15, 0.2) is 0 Å². The van der Waals surface area contributed by atoms with E-state index in [1.807, 2.05) is 44.2 Å². The standard InChI is InChI=1S/C20H30O4/c1-4-8-17(21)14(2)18-11-12-19(24-18)15(3)20(22)23-13-16-9-6-5-7-10-16/h5-7,9-10,14-15,17-19,21H,4,8,11-13H2,1-3H3/t14-,15+,17-,18-,19+/m0/s1. The summed E-state index contributed by atoms with van der Waals surface area (Å²) in [5, 5.41) is 10.2. The van der Waals surface area contributed by atoms with Gasteiger partial charge in [0.05, 0.1) is 24.2 Å². The van der Waals surface area contributed by atoms with Crippen LogP contribution >= 0.6 is 0 Å². The molecule has 1 N–H and O–H groups in total. The predicted octanol–water partition coefficient (Wildman–Crippen LogP) is 3.71. The first-order chi connectivity index (χ1) is 11.5. The Bertz CT molecular complexity index is 502. The molecule has 2 rings (SSSR count). The van der Waals surface area contributed by atoms with Crippen molar-refractivity contribution >= 4 is 5.97 Å². The summed E-state index contributed by atoms with van der Waals surface area (Å²) in [4.78, 5) is 12.3. The highest BCUT2D eigenvalue weighted by atomic mass is 16.5. The van der Waals surface area contributed by atoms with Crippen molar-refractivity contribution in [1.29, 1.82) is 0 Å². The Balaban J connectivity index is 1.80. The molecule has 0 aromatic heterocycles. The van der Waals surface area contributed by atoms with Crippen molar-refractivity contribution in [2.24, 2.45) is 11.8 Å². The van der Waals surface area contributed by atoms with E-state index < -0.39 is 0 Å². The Morgan fingerprint density at radius 1 is 1.25 bits per heavy atom. The van der Waals surface area contributed by atoms with Crippen LogP contribution in [0.2, 0.25) is 0 Å². The van der Waals surface area contributed by atoms with E-state index in [2.05, 4.69) is 6.92 Å². The second kappa shape index (κ2) is 9.19. The van der Waals surface area contributed by atoms with Crippen molar-refractivity contribution in [3.63, 3.8) is 0 Å². The fourth-order valence-electron chi connectivity index (χ4n) is 3.26. The number of carbonyl (C=O) groups is 1. The maximum atomic E-state index is 12.3. The molecular weight excluding hydrogens is 304 g/mol. The Labute approximate surface area is 145 Å². The first kappa shape index (κ1) is 18.9. The molecule has 1 heterocycles.